The first-order chi connectivity index (χ1) is 6.83. The van der Waals surface area contributed by atoms with Crippen LogP contribution < -0.4 is 0 Å². The van der Waals surface area contributed by atoms with Crippen LogP contribution >= 0.6 is 0 Å². The molecule has 1 aromatic rings. The molecule has 4 heteroatoms. The normalized spacial score (nSPS) is 27.5. The first kappa shape index (κ1) is 9.40. The third kappa shape index (κ3) is 1.57. The zero-order chi connectivity index (χ0) is 9.97. The summed E-state index contributed by atoms with van der Waals surface area (Å²) < 4.78 is 7.38. The van der Waals surface area contributed by atoms with Crippen LogP contribution in [0.5, 0.6) is 0 Å². The summed E-state index contributed by atoms with van der Waals surface area (Å²) in [7, 11) is 1.87. The summed E-state index contributed by atoms with van der Waals surface area (Å²) in [5, 5.41) is 4.08. The van der Waals surface area contributed by atoms with Crippen molar-refractivity contribution in [3.8, 4) is 0 Å². The van der Waals surface area contributed by atoms with E-state index in [1.54, 1.807) is 10.9 Å². The Bertz CT molecular complexity index is 322. The maximum absolute atomic E-state index is 10.9. The molecule has 1 saturated heterocycles. The van der Waals surface area contributed by atoms with Crippen molar-refractivity contribution in [2.24, 2.45) is 13.0 Å². The lowest BCUT2D eigenvalue weighted by Crippen LogP contribution is -2.25. The van der Waals surface area contributed by atoms with Crippen molar-refractivity contribution in [3.63, 3.8) is 0 Å². The second-order valence-corrected chi connectivity index (χ2v) is 3.61. The van der Waals surface area contributed by atoms with Crippen molar-refractivity contribution < 1.29 is 9.53 Å². The van der Waals surface area contributed by atoms with Gasteiger partial charge in [0, 0.05) is 25.8 Å². The molecule has 1 aliphatic rings. The highest BCUT2D eigenvalue weighted by Gasteiger charge is 2.28. The highest BCUT2D eigenvalue weighted by Crippen LogP contribution is 2.31. The van der Waals surface area contributed by atoms with E-state index in [0.717, 1.165) is 31.4 Å². The van der Waals surface area contributed by atoms with Crippen LogP contribution in [0.1, 0.15) is 24.6 Å². The smallest absolute Gasteiger partial charge is 0.126 e. The lowest BCUT2D eigenvalue weighted by molar-refractivity contribution is -0.120. The Morgan fingerprint density at radius 3 is 3.21 bits per heavy atom. The summed E-state index contributed by atoms with van der Waals surface area (Å²) in [6.07, 6.45) is 4.51. The minimum Gasteiger partial charge on any atom is -0.371 e. The third-order valence-electron chi connectivity index (χ3n) is 2.69. The average Bonchev–Trinajstić information content (AvgIpc) is 2.64. The summed E-state index contributed by atoms with van der Waals surface area (Å²) in [5.74, 6) is -0.0147. The molecule has 0 unspecified atom stereocenters. The monoisotopic (exact) mass is 194 g/mol. The molecule has 2 atom stereocenters. The second-order valence-electron chi connectivity index (χ2n) is 3.61. The molecule has 0 amide bonds. The zero-order valence-electron chi connectivity index (χ0n) is 8.22. The summed E-state index contributed by atoms with van der Waals surface area (Å²) >= 11 is 0. The maximum atomic E-state index is 10.9. The minimum atomic E-state index is -0.103. The molecule has 0 spiro atoms. The molecule has 0 N–H and O–H groups in total. The number of nitrogens with zero attached hydrogens (tertiary/aromatic N) is 2. The summed E-state index contributed by atoms with van der Waals surface area (Å²) in [5.41, 5.74) is 0.988. The fourth-order valence-electron chi connectivity index (χ4n) is 1.91. The van der Waals surface area contributed by atoms with Crippen LogP contribution in [0.2, 0.25) is 0 Å². The van der Waals surface area contributed by atoms with Crippen molar-refractivity contribution in [2.45, 2.75) is 18.9 Å². The molecule has 1 aromatic heterocycles. The Balaban J connectivity index is 2.23. The molecular weight excluding hydrogens is 180 g/mol. The van der Waals surface area contributed by atoms with E-state index in [-0.39, 0.29) is 12.0 Å². The quantitative estimate of drug-likeness (QED) is 0.662. The van der Waals surface area contributed by atoms with Gasteiger partial charge in [0.1, 0.15) is 12.4 Å². The van der Waals surface area contributed by atoms with E-state index in [4.69, 9.17) is 4.74 Å². The van der Waals surface area contributed by atoms with Gasteiger partial charge in [0.2, 0.25) is 0 Å². The molecule has 2 heterocycles. The fourth-order valence-corrected chi connectivity index (χ4v) is 1.91. The predicted molar refractivity (Wildman–Crippen MR) is 50.7 cm³/mol. The number of aromatic nitrogens is 2. The van der Waals surface area contributed by atoms with Crippen LogP contribution in [0.3, 0.4) is 0 Å². The molecule has 0 aromatic carbocycles. The number of rotatable bonds is 2. The average molecular weight is 194 g/mol. The molecule has 1 fully saturated rings. The van der Waals surface area contributed by atoms with Gasteiger partial charge in [-0.25, -0.2) is 0 Å². The Kier molecular flexibility index (Phi) is 2.63. The number of ether oxygens (including phenoxy) is 1. The number of aryl methyl sites for hydroxylation is 1. The molecule has 14 heavy (non-hydrogen) atoms. The van der Waals surface area contributed by atoms with Crippen molar-refractivity contribution in [1.29, 1.82) is 0 Å². The van der Waals surface area contributed by atoms with Crippen LogP contribution in [-0.2, 0) is 16.6 Å². The molecule has 0 radical (unpaired) electrons. The van der Waals surface area contributed by atoms with Gasteiger partial charge in [0.25, 0.3) is 0 Å². The highest BCUT2D eigenvalue weighted by atomic mass is 16.5. The lowest BCUT2D eigenvalue weighted by atomic mass is 9.94. The summed E-state index contributed by atoms with van der Waals surface area (Å²) in [4.78, 5) is 10.9. The van der Waals surface area contributed by atoms with Crippen molar-refractivity contribution in [1.82, 2.24) is 9.78 Å². The number of carbonyl (C=O) groups excluding carboxylic acids is 1. The van der Waals surface area contributed by atoms with Gasteiger partial charge in [-0.15, -0.1) is 0 Å². The molecule has 0 bridgehead atoms. The van der Waals surface area contributed by atoms with Crippen LogP contribution in [0.4, 0.5) is 0 Å². The topological polar surface area (TPSA) is 44.1 Å². The number of aldehydes is 1. The standard InChI is InChI=1S/C10H14N2O2/c1-12-9(4-5-11-12)10-8(7-13)3-2-6-14-10/h4-5,7-8,10H,2-3,6H2,1H3/t8-,10+/m0/s1. The van der Waals surface area contributed by atoms with Gasteiger partial charge < -0.3 is 9.53 Å². The minimum absolute atomic E-state index is 0.0147. The molecule has 0 aliphatic carbocycles. The van der Waals surface area contributed by atoms with E-state index in [2.05, 4.69) is 5.10 Å². The Morgan fingerprint density at radius 1 is 1.71 bits per heavy atom. The van der Waals surface area contributed by atoms with Gasteiger partial charge in [0.05, 0.1) is 5.69 Å². The van der Waals surface area contributed by atoms with E-state index in [1.807, 2.05) is 13.1 Å². The van der Waals surface area contributed by atoms with Crippen molar-refractivity contribution in [2.75, 3.05) is 6.61 Å². The number of hydrogen-bond donors (Lipinski definition) is 0. The highest BCUT2D eigenvalue weighted by molar-refractivity contribution is 5.55. The van der Waals surface area contributed by atoms with Crippen molar-refractivity contribution in [3.05, 3.63) is 18.0 Å². The zero-order valence-corrected chi connectivity index (χ0v) is 8.22. The molecule has 76 valence electrons. The Hall–Kier alpha value is -1.16. The van der Waals surface area contributed by atoms with E-state index in [9.17, 15) is 4.79 Å². The van der Waals surface area contributed by atoms with Gasteiger partial charge in [-0.3, -0.25) is 4.68 Å². The van der Waals surface area contributed by atoms with E-state index < -0.39 is 0 Å². The molecule has 4 nitrogen and oxygen atoms in total. The second kappa shape index (κ2) is 3.92. The SMILES string of the molecule is Cn1nccc1[C@@H]1OCCC[C@H]1C=O. The summed E-state index contributed by atoms with van der Waals surface area (Å²) in [6, 6.07) is 1.91. The lowest BCUT2D eigenvalue weighted by Gasteiger charge is -2.27. The van der Waals surface area contributed by atoms with Gasteiger partial charge >= 0.3 is 0 Å². The predicted octanol–water partition coefficient (Wildman–Crippen LogP) is 1.09. The van der Waals surface area contributed by atoms with Gasteiger partial charge in [-0.05, 0) is 18.9 Å². The van der Waals surface area contributed by atoms with Crippen molar-refractivity contribution >= 4 is 6.29 Å². The summed E-state index contributed by atoms with van der Waals surface area (Å²) in [6.45, 7) is 0.736. The van der Waals surface area contributed by atoms with E-state index in [0.29, 0.717) is 0 Å². The van der Waals surface area contributed by atoms with Gasteiger partial charge in [-0.2, -0.15) is 5.10 Å². The molecule has 1 aliphatic heterocycles. The van der Waals surface area contributed by atoms with Gasteiger partial charge in [0.15, 0.2) is 0 Å². The largest absolute Gasteiger partial charge is 0.371 e. The van der Waals surface area contributed by atoms with Crippen LogP contribution in [0.15, 0.2) is 12.3 Å². The first-order valence-electron chi connectivity index (χ1n) is 4.87. The third-order valence-corrected chi connectivity index (χ3v) is 2.69. The number of carbonyl (C=O) groups is 1. The number of hydrogen-bond acceptors (Lipinski definition) is 3. The van der Waals surface area contributed by atoms with E-state index >= 15 is 0 Å². The van der Waals surface area contributed by atoms with E-state index in [1.165, 1.54) is 0 Å². The Labute approximate surface area is 82.9 Å². The maximum Gasteiger partial charge on any atom is 0.126 e. The Morgan fingerprint density at radius 2 is 2.57 bits per heavy atom. The molecule has 0 saturated carbocycles. The molecule has 2 rings (SSSR count). The van der Waals surface area contributed by atoms with Crippen LogP contribution in [0.25, 0.3) is 0 Å². The first-order valence-corrected chi connectivity index (χ1v) is 4.87. The fraction of sp³-hybridized carbons (Fsp3) is 0.600. The molecular formula is C10H14N2O2. The van der Waals surface area contributed by atoms with Gasteiger partial charge in [-0.1, -0.05) is 0 Å². The van der Waals surface area contributed by atoms with Crippen LogP contribution in [0, 0.1) is 5.92 Å². The van der Waals surface area contributed by atoms with Crippen LogP contribution in [-0.4, -0.2) is 22.7 Å².